The van der Waals surface area contributed by atoms with Crippen molar-refractivity contribution in [3.63, 3.8) is 0 Å². The van der Waals surface area contributed by atoms with Gasteiger partial charge >= 0.3 is 6.15 Å². The van der Waals surface area contributed by atoms with Gasteiger partial charge in [0.15, 0.2) is 0 Å². The van der Waals surface area contributed by atoms with Gasteiger partial charge in [0.25, 0.3) is 0 Å². The minimum Gasteiger partial charge on any atom is -0.374 e. The number of fused-ring (bicyclic) bond motifs is 1. The molecule has 0 saturated heterocycles. The summed E-state index contributed by atoms with van der Waals surface area (Å²) in [6.45, 7) is 1.21. The first-order chi connectivity index (χ1) is 6.79. The summed E-state index contributed by atoms with van der Waals surface area (Å²) < 4.78 is 0. The first kappa shape index (κ1) is 10.5. The lowest BCUT2D eigenvalue weighted by atomic mass is 10.0. The second kappa shape index (κ2) is 5.20. The lowest BCUT2D eigenvalue weighted by molar-refractivity contribution is -0.191. The molecule has 0 aliphatic carbocycles. The number of benzene rings is 1. The van der Waals surface area contributed by atoms with Crippen molar-refractivity contribution in [2.24, 2.45) is 0 Å². The quantitative estimate of drug-likeness (QED) is 0.623. The molecule has 74 valence electrons. The average molecular weight is 191 g/mol. The summed E-state index contributed by atoms with van der Waals surface area (Å²) >= 11 is 0. The van der Waals surface area contributed by atoms with Crippen LogP contribution in [0.15, 0.2) is 24.3 Å². The van der Waals surface area contributed by atoms with Gasteiger partial charge in [-0.1, -0.05) is 18.2 Å². The van der Waals surface area contributed by atoms with Gasteiger partial charge in [-0.2, -0.15) is 9.59 Å². The zero-order valence-electron chi connectivity index (χ0n) is 8.19. The Hall–Kier alpha value is -1.60. The molecular weight excluding hydrogens is 178 g/mol. The van der Waals surface area contributed by atoms with Gasteiger partial charge in [0.2, 0.25) is 0 Å². The van der Waals surface area contributed by atoms with Crippen LogP contribution in [0.3, 0.4) is 0 Å². The fraction of sp³-hybridized carbons (Fsp3) is 0.364. The summed E-state index contributed by atoms with van der Waals surface area (Å²) in [6, 6.07) is 8.66. The van der Waals surface area contributed by atoms with Crippen molar-refractivity contribution in [3.8, 4) is 0 Å². The van der Waals surface area contributed by atoms with Crippen molar-refractivity contribution in [3.05, 3.63) is 29.8 Å². The van der Waals surface area contributed by atoms with Crippen LogP contribution in [0.1, 0.15) is 12.0 Å². The van der Waals surface area contributed by atoms with Crippen LogP contribution >= 0.6 is 0 Å². The highest BCUT2D eigenvalue weighted by atomic mass is 16.2. The largest absolute Gasteiger partial charge is 0.374 e. The van der Waals surface area contributed by atoms with Crippen LogP contribution in [0.4, 0.5) is 5.69 Å². The molecule has 1 aliphatic rings. The van der Waals surface area contributed by atoms with Gasteiger partial charge < -0.3 is 4.90 Å². The predicted octanol–water partition coefficient (Wildman–Crippen LogP) is 1.49. The topological polar surface area (TPSA) is 37.4 Å². The molecule has 1 heterocycles. The molecule has 0 aromatic heterocycles. The van der Waals surface area contributed by atoms with Gasteiger partial charge in [-0.05, 0) is 24.5 Å². The van der Waals surface area contributed by atoms with E-state index in [0.717, 1.165) is 0 Å². The third-order valence-corrected chi connectivity index (χ3v) is 2.34. The van der Waals surface area contributed by atoms with Gasteiger partial charge in [0.05, 0.1) is 0 Å². The van der Waals surface area contributed by atoms with E-state index in [9.17, 15) is 0 Å². The molecule has 0 N–H and O–H groups in total. The zero-order chi connectivity index (χ0) is 10.4. The fourth-order valence-corrected chi connectivity index (χ4v) is 1.72. The SMILES string of the molecule is CN1CCCc2ccccc21.O=C=O. The van der Waals surface area contributed by atoms with E-state index in [1.165, 1.54) is 30.6 Å². The second-order valence-corrected chi connectivity index (χ2v) is 3.24. The van der Waals surface area contributed by atoms with E-state index in [4.69, 9.17) is 9.59 Å². The standard InChI is InChI=1S/C10H13N.CO2/c1-11-8-4-6-9-5-2-3-7-10(9)11;2-1-3/h2-3,5,7H,4,6,8H2,1H3;. The van der Waals surface area contributed by atoms with Crippen LogP contribution in [0, 0.1) is 0 Å². The van der Waals surface area contributed by atoms with E-state index < -0.39 is 0 Å². The molecule has 0 amide bonds. The van der Waals surface area contributed by atoms with Crippen molar-refractivity contribution in [1.82, 2.24) is 0 Å². The first-order valence-electron chi connectivity index (χ1n) is 4.58. The number of aryl methyl sites for hydroxylation is 1. The van der Waals surface area contributed by atoms with Crippen molar-refractivity contribution in [2.45, 2.75) is 12.8 Å². The second-order valence-electron chi connectivity index (χ2n) is 3.24. The Bertz CT molecular complexity index is 330. The Labute approximate surface area is 83.3 Å². The molecule has 0 unspecified atom stereocenters. The molecule has 0 fully saturated rings. The van der Waals surface area contributed by atoms with E-state index in [2.05, 4.69) is 36.2 Å². The molecular formula is C11H13NO2. The van der Waals surface area contributed by atoms with Gasteiger partial charge in [-0.3, -0.25) is 0 Å². The zero-order valence-corrected chi connectivity index (χ0v) is 8.19. The van der Waals surface area contributed by atoms with Crippen LogP contribution in [0.2, 0.25) is 0 Å². The number of rotatable bonds is 0. The maximum Gasteiger partial charge on any atom is 0.373 e. The smallest absolute Gasteiger partial charge is 0.373 e. The molecule has 0 bridgehead atoms. The minimum atomic E-state index is 0.250. The maximum atomic E-state index is 8.12. The fourth-order valence-electron chi connectivity index (χ4n) is 1.72. The van der Waals surface area contributed by atoms with E-state index in [0.29, 0.717) is 0 Å². The third kappa shape index (κ3) is 2.44. The highest BCUT2D eigenvalue weighted by Gasteiger charge is 2.11. The highest BCUT2D eigenvalue weighted by Crippen LogP contribution is 2.24. The van der Waals surface area contributed by atoms with E-state index >= 15 is 0 Å². The van der Waals surface area contributed by atoms with Gasteiger partial charge in [-0.15, -0.1) is 0 Å². The van der Waals surface area contributed by atoms with Gasteiger partial charge in [0.1, 0.15) is 0 Å². The summed E-state index contributed by atoms with van der Waals surface area (Å²) in [5.74, 6) is 0. The Balaban J connectivity index is 0.000000293. The van der Waals surface area contributed by atoms with Crippen LogP contribution in [-0.4, -0.2) is 19.7 Å². The molecule has 1 aliphatic heterocycles. The lowest BCUT2D eigenvalue weighted by Crippen LogP contribution is -2.24. The maximum absolute atomic E-state index is 8.12. The summed E-state index contributed by atoms with van der Waals surface area (Å²) in [4.78, 5) is 18.6. The molecule has 0 saturated carbocycles. The van der Waals surface area contributed by atoms with Crippen LogP contribution in [-0.2, 0) is 16.0 Å². The summed E-state index contributed by atoms with van der Waals surface area (Å²) in [5.41, 5.74) is 2.92. The van der Waals surface area contributed by atoms with Crippen LogP contribution in [0.5, 0.6) is 0 Å². The number of para-hydroxylation sites is 1. The predicted molar refractivity (Wildman–Crippen MR) is 53.0 cm³/mol. The number of anilines is 1. The molecule has 1 aromatic carbocycles. The van der Waals surface area contributed by atoms with Crippen molar-refractivity contribution >= 4 is 11.8 Å². The van der Waals surface area contributed by atoms with Crippen molar-refractivity contribution in [1.29, 1.82) is 0 Å². The van der Waals surface area contributed by atoms with E-state index in [-0.39, 0.29) is 6.15 Å². The monoisotopic (exact) mass is 191 g/mol. The lowest BCUT2D eigenvalue weighted by Gasteiger charge is -2.26. The molecule has 14 heavy (non-hydrogen) atoms. The number of carbonyl (C=O) groups excluding carboxylic acids is 2. The molecule has 0 radical (unpaired) electrons. The van der Waals surface area contributed by atoms with Crippen molar-refractivity contribution < 1.29 is 9.59 Å². The van der Waals surface area contributed by atoms with Gasteiger partial charge in [-0.25, -0.2) is 0 Å². The number of nitrogens with zero attached hydrogens (tertiary/aromatic N) is 1. The summed E-state index contributed by atoms with van der Waals surface area (Å²) in [6.07, 6.45) is 2.80. The van der Waals surface area contributed by atoms with Crippen LogP contribution in [0.25, 0.3) is 0 Å². The Morgan fingerprint density at radius 2 is 1.93 bits per heavy atom. The average Bonchev–Trinajstić information content (AvgIpc) is 2.20. The van der Waals surface area contributed by atoms with E-state index in [1.54, 1.807) is 0 Å². The molecule has 3 heteroatoms. The van der Waals surface area contributed by atoms with E-state index in [1.807, 2.05) is 0 Å². The Kier molecular flexibility index (Phi) is 3.89. The Morgan fingerprint density at radius 3 is 2.57 bits per heavy atom. The summed E-state index contributed by atoms with van der Waals surface area (Å²) in [5, 5.41) is 0. The molecule has 3 nitrogen and oxygen atoms in total. The molecule has 0 atom stereocenters. The van der Waals surface area contributed by atoms with Gasteiger partial charge in [0, 0.05) is 19.3 Å². The highest BCUT2D eigenvalue weighted by molar-refractivity contribution is 5.54. The summed E-state index contributed by atoms with van der Waals surface area (Å²) in [7, 11) is 2.16. The molecule has 2 rings (SSSR count). The Morgan fingerprint density at radius 1 is 1.29 bits per heavy atom. The normalized spacial score (nSPS) is 13.4. The minimum absolute atomic E-state index is 0.250. The third-order valence-electron chi connectivity index (χ3n) is 2.34. The molecule has 0 spiro atoms. The number of hydrogen-bond acceptors (Lipinski definition) is 3. The number of hydrogen-bond donors (Lipinski definition) is 0. The van der Waals surface area contributed by atoms with Crippen LogP contribution < -0.4 is 4.90 Å². The van der Waals surface area contributed by atoms with Crippen molar-refractivity contribution in [2.75, 3.05) is 18.5 Å². The molecule has 1 aromatic rings. The first-order valence-corrected chi connectivity index (χ1v) is 4.58.